The Labute approximate surface area is 178 Å². The molecule has 4 rings (SSSR count). The van der Waals surface area contributed by atoms with Crippen molar-refractivity contribution >= 4 is 28.7 Å². The van der Waals surface area contributed by atoms with Crippen molar-refractivity contribution in [1.82, 2.24) is 19.0 Å². The number of carbonyl (C=O) groups is 1. The molecule has 30 heavy (non-hydrogen) atoms. The third-order valence-electron chi connectivity index (χ3n) is 5.58. The van der Waals surface area contributed by atoms with Crippen molar-refractivity contribution in [3.05, 3.63) is 59.2 Å². The number of fused-ring (bicyclic) bond motifs is 1. The van der Waals surface area contributed by atoms with Crippen LogP contribution in [0.5, 0.6) is 0 Å². The van der Waals surface area contributed by atoms with Gasteiger partial charge in [-0.1, -0.05) is 12.1 Å². The third kappa shape index (κ3) is 5.37. The molecule has 2 heterocycles. The quantitative estimate of drug-likeness (QED) is 0.608. The van der Waals surface area contributed by atoms with E-state index in [-0.39, 0.29) is 12.5 Å². The zero-order chi connectivity index (χ0) is 20.9. The fourth-order valence-corrected chi connectivity index (χ4v) is 4.51. The number of likely N-dealkylation sites (tertiary alicyclic amines) is 1. The largest absolute Gasteiger partial charge is 0.352 e. The Hall–Kier alpha value is -2.45. The van der Waals surface area contributed by atoms with E-state index in [0.29, 0.717) is 17.9 Å². The second-order valence-corrected chi connectivity index (χ2v) is 8.42. The fraction of sp³-hybridized carbons (Fsp3) is 0.409. The van der Waals surface area contributed by atoms with E-state index in [4.69, 9.17) is 0 Å². The Bertz CT molecular complexity index is 1030. The van der Waals surface area contributed by atoms with Gasteiger partial charge >= 0.3 is 0 Å². The minimum absolute atomic E-state index is 0.0571. The Morgan fingerprint density at radius 1 is 1.10 bits per heavy atom. The Morgan fingerprint density at radius 2 is 1.93 bits per heavy atom. The van der Waals surface area contributed by atoms with E-state index >= 15 is 0 Å². The molecule has 3 aromatic rings. The molecule has 8 heteroatoms. The van der Waals surface area contributed by atoms with Crippen molar-refractivity contribution in [3.63, 3.8) is 0 Å². The number of rotatable bonds is 7. The molecule has 158 valence electrons. The number of nitrogens with zero attached hydrogens (tertiary/aromatic N) is 3. The van der Waals surface area contributed by atoms with E-state index in [1.807, 2.05) is 6.07 Å². The van der Waals surface area contributed by atoms with Gasteiger partial charge in [-0.05, 0) is 67.1 Å². The van der Waals surface area contributed by atoms with Crippen LogP contribution >= 0.6 is 11.7 Å². The number of amides is 1. The van der Waals surface area contributed by atoms with Gasteiger partial charge in [-0.25, -0.2) is 8.78 Å². The lowest BCUT2D eigenvalue weighted by molar-refractivity contribution is -0.121. The van der Waals surface area contributed by atoms with Crippen LogP contribution in [0.2, 0.25) is 0 Å². The molecule has 1 atom stereocenters. The highest BCUT2D eigenvalue weighted by atomic mass is 32.1. The van der Waals surface area contributed by atoms with Crippen LogP contribution in [-0.4, -0.2) is 32.6 Å². The number of carbonyl (C=O) groups excluding carboxylic acids is 1. The van der Waals surface area contributed by atoms with E-state index in [2.05, 4.69) is 31.1 Å². The number of halogens is 2. The lowest BCUT2D eigenvalue weighted by atomic mass is 9.93. The van der Waals surface area contributed by atoms with Gasteiger partial charge in [-0.2, -0.15) is 8.75 Å². The monoisotopic (exact) mass is 430 g/mol. The number of benzene rings is 2. The molecule has 1 amide bonds. The summed E-state index contributed by atoms with van der Waals surface area (Å²) in [6, 6.07) is 9.92. The number of hydrogen-bond donors (Lipinski definition) is 1. The van der Waals surface area contributed by atoms with Crippen molar-refractivity contribution in [2.75, 3.05) is 13.1 Å². The molecule has 2 aromatic carbocycles. The maximum absolute atomic E-state index is 13.2. The topological polar surface area (TPSA) is 58.1 Å². The molecule has 0 radical (unpaired) electrons. The average Bonchev–Trinajstić information content (AvgIpc) is 3.21. The standard InChI is InChI=1S/C22H24F2N4OS/c23-18-6-3-16(10-19(18)24)12-25-22(29)8-5-15-2-1-9-28(13-15)14-17-4-7-20-21(11-17)27-30-26-20/h3-4,6-7,10-11,15H,1-2,5,8-9,12-14H2,(H,25,29). The average molecular weight is 431 g/mol. The summed E-state index contributed by atoms with van der Waals surface area (Å²) in [5.41, 5.74) is 3.68. The van der Waals surface area contributed by atoms with Crippen molar-refractivity contribution in [1.29, 1.82) is 0 Å². The van der Waals surface area contributed by atoms with E-state index in [1.54, 1.807) is 0 Å². The molecule has 5 nitrogen and oxygen atoms in total. The Balaban J connectivity index is 1.22. The van der Waals surface area contributed by atoms with Crippen LogP contribution in [0.4, 0.5) is 8.78 Å². The minimum Gasteiger partial charge on any atom is -0.352 e. The first-order chi connectivity index (χ1) is 14.6. The summed E-state index contributed by atoms with van der Waals surface area (Å²) >= 11 is 1.23. The highest BCUT2D eigenvalue weighted by molar-refractivity contribution is 7.00. The molecule has 0 saturated carbocycles. The van der Waals surface area contributed by atoms with Gasteiger partial charge in [0.1, 0.15) is 11.0 Å². The molecule has 1 fully saturated rings. The highest BCUT2D eigenvalue weighted by Gasteiger charge is 2.21. The molecule has 1 aliphatic heterocycles. The smallest absolute Gasteiger partial charge is 0.220 e. The predicted molar refractivity (Wildman–Crippen MR) is 113 cm³/mol. The second-order valence-electron chi connectivity index (χ2n) is 7.89. The summed E-state index contributed by atoms with van der Waals surface area (Å²) in [6.07, 6.45) is 3.53. The molecule has 0 aliphatic carbocycles. The molecule has 0 bridgehead atoms. The van der Waals surface area contributed by atoms with Gasteiger partial charge in [-0.3, -0.25) is 9.69 Å². The van der Waals surface area contributed by atoms with Gasteiger partial charge in [0.15, 0.2) is 11.6 Å². The van der Waals surface area contributed by atoms with E-state index in [1.165, 1.54) is 23.4 Å². The predicted octanol–water partition coefficient (Wildman–Crippen LogP) is 4.28. The first-order valence-corrected chi connectivity index (χ1v) is 10.9. The first kappa shape index (κ1) is 20.8. The van der Waals surface area contributed by atoms with E-state index < -0.39 is 11.6 Å². The summed E-state index contributed by atoms with van der Waals surface area (Å²) in [5, 5.41) is 2.80. The van der Waals surface area contributed by atoms with Crippen molar-refractivity contribution in [2.45, 2.75) is 38.8 Å². The minimum atomic E-state index is -0.894. The van der Waals surface area contributed by atoms with Crippen LogP contribution in [0.25, 0.3) is 11.0 Å². The Kier molecular flexibility index (Phi) is 6.64. The number of piperidine rings is 1. The molecular formula is C22H24F2N4OS. The zero-order valence-electron chi connectivity index (χ0n) is 16.6. The number of aromatic nitrogens is 2. The Morgan fingerprint density at radius 3 is 2.80 bits per heavy atom. The third-order valence-corrected chi connectivity index (χ3v) is 6.14. The molecule has 0 spiro atoms. The molecule has 1 unspecified atom stereocenters. The van der Waals surface area contributed by atoms with Crippen LogP contribution in [0.15, 0.2) is 36.4 Å². The molecule has 1 saturated heterocycles. The van der Waals surface area contributed by atoms with Gasteiger partial charge in [-0.15, -0.1) is 0 Å². The molecule has 1 aromatic heterocycles. The van der Waals surface area contributed by atoms with E-state index in [9.17, 15) is 13.6 Å². The second kappa shape index (κ2) is 9.57. The summed E-state index contributed by atoms with van der Waals surface area (Å²) in [6.45, 7) is 3.13. The first-order valence-electron chi connectivity index (χ1n) is 10.2. The van der Waals surface area contributed by atoms with Crippen LogP contribution in [0.3, 0.4) is 0 Å². The summed E-state index contributed by atoms with van der Waals surface area (Å²) in [5.74, 6) is -1.35. The lowest BCUT2D eigenvalue weighted by Crippen LogP contribution is -2.35. The van der Waals surface area contributed by atoms with Gasteiger partial charge in [0.05, 0.1) is 11.7 Å². The normalized spacial score (nSPS) is 17.3. The molecule has 1 aliphatic rings. The fourth-order valence-electron chi connectivity index (χ4n) is 3.99. The number of hydrogen-bond acceptors (Lipinski definition) is 5. The lowest BCUT2D eigenvalue weighted by Gasteiger charge is -2.32. The SMILES string of the molecule is O=C(CCC1CCCN(Cc2ccc3nsnc3c2)C1)NCc1ccc(F)c(F)c1. The van der Waals surface area contributed by atoms with Crippen LogP contribution < -0.4 is 5.32 Å². The van der Waals surface area contributed by atoms with Crippen LogP contribution in [0.1, 0.15) is 36.8 Å². The van der Waals surface area contributed by atoms with Gasteiger partial charge in [0.25, 0.3) is 0 Å². The van der Waals surface area contributed by atoms with Crippen molar-refractivity contribution < 1.29 is 13.6 Å². The molecular weight excluding hydrogens is 406 g/mol. The maximum Gasteiger partial charge on any atom is 0.220 e. The zero-order valence-corrected chi connectivity index (χ0v) is 17.4. The summed E-state index contributed by atoms with van der Waals surface area (Å²) in [4.78, 5) is 14.6. The summed E-state index contributed by atoms with van der Waals surface area (Å²) < 4.78 is 34.8. The van der Waals surface area contributed by atoms with Gasteiger partial charge < -0.3 is 5.32 Å². The van der Waals surface area contributed by atoms with Crippen molar-refractivity contribution in [3.8, 4) is 0 Å². The van der Waals surface area contributed by atoms with Crippen LogP contribution in [-0.2, 0) is 17.9 Å². The van der Waals surface area contributed by atoms with Gasteiger partial charge in [0.2, 0.25) is 5.91 Å². The number of nitrogens with one attached hydrogen (secondary N) is 1. The molecule has 1 N–H and O–H groups in total. The van der Waals surface area contributed by atoms with Crippen LogP contribution in [0, 0.1) is 17.6 Å². The van der Waals surface area contributed by atoms with E-state index in [0.717, 1.165) is 62.1 Å². The van der Waals surface area contributed by atoms with Gasteiger partial charge in [0, 0.05) is 26.1 Å². The highest BCUT2D eigenvalue weighted by Crippen LogP contribution is 2.23. The summed E-state index contributed by atoms with van der Waals surface area (Å²) in [7, 11) is 0. The van der Waals surface area contributed by atoms with Crippen molar-refractivity contribution in [2.24, 2.45) is 5.92 Å². The maximum atomic E-state index is 13.2.